The van der Waals surface area contributed by atoms with Gasteiger partial charge in [0.15, 0.2) is 0 Å². The molecule has 0 unspecified atom stereocenters. The minimum atomic E-state index is 0.304. The molecule has 3 heteroatoms. The monoisotopic (exact) mass is 301 g/mol. The number of halogens is 1. The average molecular weight is 302 g/mol. The first kappa shape index (κ1) is 11.4. The molecule has 0 saturated heterocycles. The summed E-state index contributed by atoms with van der Waals surface area (Å²) in [6.07, 6.45) is 2.09. The second-order valence-electron chi connectivity index (χ2n) is 4.31. The number of phenolic OH excluding ortho intramolecular Hbond substituents is 1. The molecule has 2 nitrogen and oxygen atoms in total. The van der Waals surface area contributed by atoms with E-state index < -0.39 is 0 Å². The highest BCUT2D eigenvalue weighted by Gasteiger charge is 2.02. The van der Waals surface area contributed by atoms with Crippen LogP contribution in [0.4, 0.5) is 0 Å². The molecule has 18 heavy (non-hydrogen) atoms. The Morgan fingerprint density at radius 1 is 1.00 bits per heavy atom. The molecule has 1 aromatic heterocycles. The summed E-state index contributed by atoms with van der Waals surface area (Å²) in [5.74, 6) is 0.304. The van der Waals surface area contributed by atoms with Gasteiger partial charge in [-0.15, -0.1) is 0 Å². The standard InChI is InChI=1S/C15H12BrNO/c16-13-4-3-12-7-8-17(15(12)9-13)10-11-1-5-14(18)6-2-11/h1-9,18H,10H2. The summed E-state index contributed by atoms with van der Waals surface area (Å²) in [4.78, 5) is 0. The number of aromatic hydroxyl groups is 1. The van der Waals surface area contributed by atoms with E-state index in [1.54, 1.807) is 12.1 Å². The SMILES string of the molecule is Oc1ccc(Cn2ccc3ccc(Br)cc32)cc1. The van der Waals surface area contributed by atoms with Gasteiger partial charge in [-0.1, -0.05) is 34.1 Å². The van der Waals surface area contributed by atoms with Crippen LogP contribution in [-0.2, 0) is 6.54 Å². The normalized spacial score (nSPS) is 10.9. The lowest BCUT2D eigenvalue weighted by molar-refractivity contribution is 0.475. The fraction of sp³-hybridized carbons (Fsp3) is 0.0667. The van der Waals surface area contributed by atoms with Crippen LogP contribution in [0.2, 0.25) is 0 Å². The first-order valence-electron chi connectivity index (χ1n) is 5.75. The highest BCUT2D eigenvalue weighted by molar-refractivity contribution is 9.10. The van der Waals surface area contributed by atoms with Gasteiger partial charge < -0.3 is 9.67 Å². The smallest absolute Gasteiger partial charge is 0.115 e. The van der Waals surface area contributed by atoms with Crippen LogP contribution >= 0.6 is 15.9 Å². The van der Waals surface area contributed by atoms with Gasteiger partial charge in [-0.25, -0.2) is 0 Å². The van der Waals surface area contributed by atoms with Crippen molar-refractivity contribution >= 4 is 26.8 Å². The summed E-state index contributed by atoms with van der Waals surface area (Å²) >= 11 is 3.50. The lowest BCUT2D eigenvalue weighted by Gasteiger charge is -2.06. The molecule has 1 N–H and O–H groups in total. The molecule has 0 radical (unpaired) electrons. The summed E-state index contributed by atoms with van der Waals surface area (Å²) in [5.41, 5.74) is 2.38. The molecule has 0 aliphatic heterocycles. The summed E-state index contributed by atoms with van der Waals surface area (Å²) in [7, 11) is 0. The Bertz CT molecular complexity index is 685. The number of nitrogens with zero attached hydrogens (tertiary/aromatic N) is 1. The van der Waals surface area contributed by atoms with E-state index in [1.807, 2.05) is 18.2 Å². The quantitative estimate of drug-likeness (QED) is 0.755. The Kier molecular flexibility index (Phi) is 2.84. The first-order chi connectivity index (χ1) is 8.72. The minimum absolute atomic E-state index is 0.304. The predicted molar refractivity (Wildman–Crippen MR) is 76.8 cm³/mol. The molecule has 0 fully saturated rings. The van der Waals surface area contributed by atoms with Crippen molar-refractivity contribution in [2.45, 2.75) is 6.54 Å². The summed E-state index contributed by atoms with van der Waals surface area (Å²) in [6, 6.07) is 15.7. The second-order valence-corrected chi connectivity index (χ2v) is 5.23. The van der Waals surface area contributed by atoms with E-state index in [1.165, 1.54) is 16.5 Å². The van der Waals surface area contributed by atoms with E-state index >= 15 is 0 Å². The Balaban J connectivity index is 1.99. The van der Waals surface area contributed by atoms with Crippen LogP contribution in [0.25, 0.3) is 10.9 Å². The van der Waals surface area contributed by atoms with E-state index in [9.17, 15) is 5.11 Å². The molecule has 0 atom stereocenters. The van der Waals surface area contributed by atoms with Crippen molar-refractivity contribution in [2.75, 3.05) is 0 Å². The number of aromatic nitrogens is 1. The molecule has 0 amide bonds. The number of benzene rings is 2. The molecule has 0 aliphatic carbocycles. The van der Waals surface area contributed by atoms with Gasteiger partial charge >= 0.3 is 0 Å². The largest absolute Gasteiger partial charge is 0.508 e. The second kappa shape index (κ2) is 4.50. The fourth-order valence-corrected chi connectivity index (χ4v) is 2.44. The van der Waals surface area contributed by atoms with Crippen LogP contribution in [0.5, 0.6) is 5.75 Å². The van der Waals surface area contributed by atoms with Crippen LogP contribution in [0.15, 0.2) is 59.2 Å². The van der Waals surface area contributed by atoms with Crippen molar-refractivity contribution in [2.24, 2.45) is 0 Å². The van der Waals surface area contributed by atoms with Gasteiger partial charge in [0.1, 0.15) is 5.75 Å². The van der Waals surface area contributed by atoms with Crippen LogP contribution in [-0.4, -0.2) is 9.67 Å². The molecule has 3 aromatic rings. The maximum Gasteiger partial charge on any atom is 0.115 e. The van der Waals surface area contributed by atoms with Crippen molar-refractivity contribution in [1.29, 1.82) is 0 Å². The van der Waals surface area contributed by atoms with Gasteiger partial charge in [0, 0.05) is 22.7 Å². The van der Waals surface area contributed by atoms with E-state index in [4.69, 9.17) is 0 Å². The van der Waals surface area contributed by atoms with Crippen molar-refractivity contribution in [3.8, 4) is 5.75 Å². The third-order valence-corrected chi connectivity index (χ3v) is 3.52. The zero-order valence-electron chi connectivity index (χ0n) is 9.68. The maximum atomic E-state index is 9.28. The van der Waals surface area contributed by atoms with Gasteiger partial charge in [0.05, 0.1) is 0 Å². The fourth-order valence-electron chi connectivity index (χ4n) is 2.09. The number of hydrogen-bond donors (Lipinski definition) is 1. The Morgan fingerprint density at radius 2 is 1.78 bits per heavy atom. The number of phenols is 1. The maximum absolute atomic E-state index is 9.28. The van der Waals surface area contributed by atoms with Crippen LogP contribution < -0.4 is 0 Å². The minimum Gasteiger partial charge on any atom is -0.508 e. The van der Waals surface area contributed by atoms with Crippen molar-refractivity contribution in [3.63, 3.8) is 0 Å². The number of hydrogen-bond acceptors (Lipinski definition) is 1. The zero-order valence-corrected chi connectivity index (χ0v) is 11.3. The molecule has 0 aliphatic rings. The summed E-state index contributed by atoms with van der Waals surface area (Å²) < 4.78 is 3.28. The summed E-state index contributed by atoms with van der Waals surface area (Å²) in [5, 5.41) is 10.5. The van der Waals surface area contributed by atoms with Gasteiger partial charge in [-0.05, 0) is 41.3 Å². The Hall–Kier alpha value is -1.74. The van der Waals surface area contributed by atoms with Crippen molar-refractivity contribution in [1.82, 2.24) is 4.57 Å². The average Bonchev–Trinajstić information content (AvgIpc) is 2.75. The van der Waals surface area contributed by atoms with Crippen LogP contribution in [0, 0.1) is 0 Å². The lowest BCUT2D eigenvalue weighted by atomic mass is 10.2. The Morgan fingerprint density at radius 3 is 2.56 bits per heavy atom. The van der Waals surface area contributed by atoms with E-state index in [0.717, 1.165) is 11.0 Å². The number of rotatable bonds is 2. The Labute approximate surface area is 114 Å². The molecule has 90 valence electrons. The van der Waals surface area contributed by atoms with Gasteiger partial charge in [0.25, 0.3) is 0 Å². The summed E-state index contributed by atoms with van der Waals surface area (Å²) in [6.45, 7) is 0.806. The van der Waals surface area contributed by atoms with Crippen LogP contribution in [0.1, 0.15) is 5.56 Å². The zero-order chi connectivity index (χ0) is 12.5. The molecule has 0 bridgehead atoms. The first-order valence-corrected chi connectivity index (χ1v) is 6.54. The third kappa shape index (κ3) is 2.14. The molecule has 3 rings (SSSR count). The van der Waals surface area contributed by atoms with Gasteiger partial charge in [-0.3, -0.25) is 0 Å². The van der Waals surface area contributed by atoms with E-state index in [2.05, 4.69) is 44.9 Å². The molecule has 0 saturated carbocycles. The highest BCUT2D eigenvalue weighted by Crippen LogP contribution is 2.22. The molecular formula is C15H12BrNO. The van der Waals surface area contributed by atoms with Crippen molar-refractivity contribution < 1.29 is 5.11 Å². The van der Waals surface area contributed by atoms with Gasteiger partial charge in [0.2, 0.25) is 0 Å². The molecule has 2 aromatic carbocycles. The van der Waals surface area contributed by atoms with E-state index in [-0.39, 0.29) is 0 Å². The topological polar surface area (TPSA) is 25.2 Å². The lowest BCUT2D eigenvalue weighted by Crippen LogP contribution is -1.97. The predicted octanol–water partition coefficient (Wildman–Crippen LogP) is 4.16. The van der Waals surface area contributed by atoms with E-state index in [0.29, 0.717) is 5.75 Å². The highest BCUT2D eigenvalue weighted by atomic mass is 79.9. The van der Waals surface area contributed by atoms with Crippen molar-refractivity contribution in [3.05, 3.63) is 64.8 Å². The molecule has 0 spiro atoms. The van der Waals surface area contributed by atoms with Gasteiger partial charge in [-0.2, -0.15) is 0 Å². The van der Waals surface area contributed by atoms with Crippen LogP contribution in [0.3, 0.4) is 0 Å². The molecule has 1 heterocycles. The number of fused-ring (bicyclic) bond motifs is 1. The third-order valence-electron chi connectivity index (χ3n) is 3.03. The molecular weight excluding hydrogens is 290 g/mol.